The summed E-state index contributed by atoms with van der Waals surface area (Å²) in [5, 5.41) is 10.6. The predicted molar refractivity (Wildman–Crippen MR) is 377 cm³/mol. The van der Waals surface area contributed by atoms with Gasteiger partial charge < -0.3 is 33.8 Å². The van der Waals surface area contributed by atoms with Gasteiger partial charge in [-0.2, -0.15) is 0 Å². The fraction of sp³-hybridized carbons (Fsp3) is 0.946. The predicted octanol–water partition coefficient (Wildman–Crippen LogP) is 21.7. The molecule has 0 aliphatic rings. The summed E-state index contributed by atoms with van der Waals surface area (Å²) in [6.45, 7) is 7.19. The Kier molecular flexibility index (Phi) is 65.9. The highest BCUT2D eigenvalue weighted by atomic mass is 31.2. The zero-order valence-electron chi connectivity index (χ0n) is 60.4. The molecule has 0 amide bonds. The number of aliphatic hydroxyl groups excluding tert-OH is 1. The Hall–Kier alpha value is -1.94. The summed E-state index contributed by atoms with van der Waals surface area (Å²) in [5.74, 6) is -1.36. The molecule has 0 radical (unpaired) electrons. The molecule has 2 unspecified atom stereocenters. The van der Waals surface area contributed by atoms with Crippen molar-refractivity contribution in [2.24, 2.45) is 5.92 Å². The van der Waals surface area contributed by atoms with Crippen molar-refractivity contribution in [2.75, 3.05) is 39.6 Å². The molecule has 0 aromatic heterocycles. The number of carbonyl (C=O) groups is 4. The average molecular weight is 1370 g/mol. The lowest BCUT2D eigenvalue weighted by molar-refractivity contribution is -0.161. The molecule has 93 heavy (non-hydrogen) atoms. The normalized spacial score (nSPS) is 14.0. The van der Waals surface area contributed by atoms with Crippen LogP contribution in [0.1, 0.15) is 388 Å². The molecule has 17 nitrogen and oxygen atoms in total. The first-order valence-corrected chi connectivity index (χ1v) is 41.6. The van der Waals surface area contributed by atoms with E-state index in [2.05, 4.69) is 34.6 Å². The molecular weight excluding hydrogens is 1220 g/mol. The van der Waals surface area contributed by atoms with Crippen LogP contribution in [-0.2, 0) is 65.4 Å². The molecule has 0 aromatic rings. The van der Waals surface area contributed by atoms with E-state index in [0.29, 0.717) is 25.7 Å². The third-order valence-electron chi connectivity index (χ3n) is 17.3. The zero-order valence-corrected chi connectivity index (χ0v) is 62.2. The number of ether oxygens (including phenoxy) is 4. The van der Waals surface area contributed by atoms with Crippen molar-refractivity contribution in [1.29, 1.82) is 0 Å². The third-order valence-corrected chi connectivity index (χ3v) is 19.2. The zero-order chi connectivity index (χ0) is 68.4. The van der Waals surface area contributed by atoms with Gasteiger partial charge in [-0.05, 0) is 31.6 Å². The second kappa shape index (κ2) is 67.3. The van der Waals surface area contributed by atoms with Gasteiger partial charge in [-0.25, -0.2) is 9.13 Å². The Bertz CT molecular complexity index is 1790. The molecule has 0 rings (SSSR count). The lowest BCUT2D eigenvalue weighted by Crippen LogP contribution is -2.30. The Balaban J connectivity index is 5.10. The van der Waals surface area contributed by atoms with Gasteiger partial charge in [0.2, 0.25) is 0 Å². The van der Waals surface area contributed by atoms with Crippen LogP contribution in [0, 0.1) is 5.92 Å². The Morgan fingerprint density at radius 2 is 0.495 bits per heavy atom. The van der Waals surface area contributed by atoms with Crippen molar-refractivity contribution < 1.29 is 80.2 Å². The summed E-state index contributed by atoms with van der Waals surface area (Å²) < 4.78 is 68.2. The van der Waals surface area contributed by atoms with Crippen molar-refractivity contribution in [2.45, 2.75) is 406 Å². The van der Waals surface area contributed by atoms with Crippen LogP contribution in [0.3, 0.4) is 0 Å². The number of phosphoric ester groups is 2. The SMILES string of the molecule is CCCCCCCCCCCCCCCCCCCCCCCCC(=O)O[C@H](COC(=O)CCCCCCCCCCCCCC(C)C)COP(=O)(O)OC[C@@H](O)COP(=O)(O)OC[C@@H](COC(=O)CCCCCCC)OC(=O)CCCCCCCCCCCCCC. The first-order chi connectivity index (χ1) is 45.0. The molecule has 19 heteroatoms. The van der Waals surface area contributed by atoms with Crippen molar-refractivity contribution in [3.8, 4) is 0 Å². The lowest BCUT2D eigenvalue weighted by Gasteiger charge is -2.21. The molecule has 0 fully saturated rings. The van der Waals surface area contributed by atoms with Crippen LogP contribution < -0.4 is 0 Å². The van der Waals surface area contributed by atoms with Gasteiger partial charge in [0.1, 0.15) is 19.3 Å². The summed E-state index contributed by atoms with van der Waals surface area (Å²) in [7, 11) is -9.89. The second-order valence-electron chi connectivity index (χ2n) is 27.2. The van der Waals surface area contributed by atoms with Gasteiger partial charge in [-0.1, -0.05) is 336 Å². The van der Waals surface area contributed by atoms with E-state index in [1.54, 1.807) is 0 Å². The molecular formula is C74H144O17P2. The first-order valence-electron chi connectivity index (χ1n) is 38.6. The Labute approximate surface area is 568 Å². The first kappa shape index (κ1) is 91.1. The van der Waals surface area contributed by atoms with E-state index in [1.807, 2.05) is 0 Å². The van der Waals surface area contributed by atoms with Crippen molar-refractivity contribution >= 4 is 39.5 Å². The van der Waals surface area contributed by atoms with E-state index in [-0.39, 0.29) is 25.7 Å². The third kappa shape index (κ3) is 68.4. The van der Waals surface area contributed by atoms with Crippen LogP contribution in [-0.4, -0.2) is 96.7 Å². The molecule has 5 atom stereocenters. The monoisotopic (exact) mass is 1370 g/mol. The number of aliphatic hydroxyl groups is 1. The average Bonchev–Trinajstić information content (AvgIpc) is 2.97. The summed E-state index contributed by atoms with van der Waals surface area (Å²) >= 11 is 0. The minimum Gasteiger partial charge on any atom is -0.462 e. The summed E-state index contributed by atoms with van der Waals surface area (Å²) in [5.41, 5.74) is 0. The fourth-order valence-electron chi connectivity index (χ4n) is 11.4. The van der Waals surface area contributed by atoms with Gasteiger partial charge in [0.05, 0.1) is 26.4 Å². The summed E-state index contributed by atoms with van der Waals surface area (Å²) in [4.78, 5) is 72.4. The van der Waals surface area contributed by atoms with E-state index < -0.39 is 97.5 Å². The Morgan fingerprint density at radius 3 is 0.731 bits per heavy atom. The lowest BCUT2D eigenvalue weighted by atomic mass is 10.0. The standard InChI is InChI=1S/C74H144O17P2/c1-6-9-12-15-17-19-21-23-24-25-26-27-28-29-30-31-32-36-41-45-50-55-60-74(79)91-70(64-85-72(77)58-53-48-43-39-37-33-34-38-42-47-51-56-67(4)5)66-89-93(82,83)87-62-68(75)61-86-92(80,81)88-65-69(63-84-71(76)57-52-46-14-11-8-3)90-73(78)59-54-49-44-40-35-22-20-18-16-13-10-7-2/h67-70,75H,6-66H2,1-5H3,(H,80,81)(H,82,83)/t68-,69+,70+/m0/s1. The highest BCUT2D eigenvalue weighted by Gasteiger charge is 2.30. The number of phosphoric acid groups is 2. The topological polar surface area (TPSA) is 237 Å². The molecule has 0 spiro atoms. The largest absolute Gasteiger partial charge is 0.472 e. The minimum absolute atomic E-state index is 0.107. The maximum Gasteiger partial charge on any atom is 0.472 e. The van der Waals surface area contributed by atoms with Gasteiger partial charge in [-0.3, -0.25) is 37.3 Å². The van der Waals surface area contributed by atoms with Gasteiger partial charge >= 0.3 is 39.5 Å². The molecule has 0 aromatic carbocycles. The van der Waals surface area contributed by atoms with Crippen LogP contribution >= 0.6 is 15.6 Å². The second-order valence-corrected chi connectivity index (χ2v) is 30.1. The van der Waals surface area contributed by atoms with E-state index in [9.17, 15) is 43.2 Å². The number of rotatable bonds is 74. The quantitative estimate of drug-likeness (QED) is 0.0222. The number of esters is 4. The van der Waals surface area contributed by atoms with Gasteiger partial charge in [-0.15, -0.1) is 0 Å². The van der Waals surface area contributed by atoms with Crippen LogP contribution in [0.25, 0.3) is 0 Å². The minimum atomic E-state index is -4.95. The van der Waals surface area contributed by atoms with E-state index in [4.69, 9.17) is 37.0 Å². The smallest absolute Gasteiger partial charge is 0.462 e. The highest BCUT2D eigenvalue weighted by Crippen LogP contribution is 2.45. The number of hydrogen-bond acceptors (Lipinski definition) is 15. The number of carbonyl (C=O) groups excluding carboxylic acids is 4. The summed E-state index contributed by atoms with van der Waals surface area (Å²) in [6, 6.07) is 0. The van der Waals surface area contributed by atoms with E-state index in [1.165, 1.54) is 205 Å². The fourth-order valence-corrected chi connectivity index (χ4v) is 12.9. The molecule has 552 valence electrons. The van der Waals surface area contributed by atoms with Crippen molar-refractivity contribution in [3.05, 3.63) is 0 Å². The van der Waals surface area contributed by atoms with Gasteiger partial charge in [0.15, 0.2) is 12.2 Å². The molecule has 0 bridgehead atoms. The maximum absolute atomic E-state index is 13.1. The highest BCUT2D eigenvalue weighted by molar-refractivity contribution is 7.47. The van der Waals surface area contributed by atoms with Gasteiger partial charge in [0.25, 0.3) is 0 Å². The number of hydrogen-bond donors (Lipinski definition) is 3. The number of unbranched alkanes of at least 4 members (excludes halogenated alkanes) is 46. The van der Waals surface area contributed by atoms with Crippen molar-refractivity contribution in [1.82, 2.24) is 0 Å². The molecule has 0 saturated carbocycles. The molecule has 0 aliphatic heterocycles. The van der Waals surface area contributed by atoms with E-state index >= 15 is 0 Å². The Morgan fingerprint density at radius 1 is 0.290 bits per heavy atom. The van der Waals surface area contributed by atoms with Gasteiger partial charge in [0, 0.05) is 25.7 Å². The van der Waals surface area contributed by atoms with E-state index in [0.717, 1.165) is 102 Å². The van der Waals surface area contributed by atoms with Crippen LogP contribution in [0.4, 0.5) is 0 Å². The van der Waals surface area contributed by atoms with Crippen molar-refractivity contribution in [3.63, 3.8) is 0 Å². The molecule has 3 N–H and O–H groups in total. The van der Waals surface area contributed by atoms with Crippen LogP contribution in [0.15, 0.2) is 0 Å². The molecule has 0 aliphatic carbocycles. The van der Waals surface area contributed by atoms with Crippen LogP contribution in [0.2, 0.25) is 0 Å². The summed E-state index contributed by atoms with van der Waals surface area (Å²) in [6.07, 6.45) is 56.0. The van der Waals surface area contributed by atoms with Crippen LogP contribution in [0.5, 0.6) is 0 Å². The maximum atomic E-state index is 13.1. The molecule has 0 saturated heterocycles. The molecule has 0 heterocycles.